The van der Waals surface area contributed by atoms with Gasteiger partial charge in [0.2, 0.25) is 11.8 Å². The monoisotopic (exact) mass is 526 g/mol. The number of hydrogen-bond acceptors (Lipinski definition) is 8. The smallest absolute Gasteiger partial charge is 0.408 e. The third-order valence-electron chi connectivity index (χ3n) is 6.56. The van der Waals surface area contributed by atoms with Crippen molar-refractivity contribution in [3.05, 3.63) is 29.8 Å². The average molecular weight is 526 g/mol. The number of nitrogens with zero attached hydrogens (tertiary/aromatic N) is 6. The number of hydrogen-bond donors (Lipinski definition) is 2. The van der Waals surface area contributed by atoms with Crippen LogP contribution in [0.25, 0.3) is 11.0 Å². The minimum atomic E-state index is -4.67. The van der Waals surface area contributed by atoms with Gasteiger partial charge >= 0.3 is 12.2 Å². The van der Waals surface area contributed by atoms with E-state index in [9.17, 15) is 26.7 Å². The largest absolute Gasteiger partial charge is 0.463 e. The molecule has 1 amide bonds. The van der Waals surface area contributed by atoms with Crippen molar-refractivity contribution in [2.75, 3.05) is 24.6 Å². The van der Waals surface area contributed by atoms with Gasteiger partial charge in [0.15, 0.2) is 5.65 Å². The summed E-state index contributed by atoms with van der Waals surface area (Å²) in [6.07, 6.45) is -2.03. The zero-order valence-corrected chi connectivity index (χ0v) is 19.6. The Bertz CT molecular complexity index is 1290. The summed E-state index contributed by atoms with van der Waals surface area (Å²) < 4.78 is 70.6. The quantitative estimate of drug-likeness (QED) is 0.450. The Morgan fingerprint density at radius 2 is 2.00 bits per heavy atom. The Balaban J connectivity index is 1.33. The van der Waals surface area contributed by atoms with Gasteiger partial charge in [0.25, 0.3) is 11.8 Å². The first-order valence-corrected chi connectivity index (χ1v) is 11.7. The van der Waals surface area contributed by atoms with Crippen LogP contribution >= 0.6 is 0 Å². The highest BCUT2D eigenvalue weighted by atomic mass is 19.4. The van der Waals surface area contributed by atoms with Crippen molar-refractivity contribution in [3.8, 4) is 6.01 Å². The van der Waals surface area contributed by atoms with E-state index in [1.54, 1.807) is 16.4 Å². The molecule has 0 bridgehead atoms. The molecule has 3 aromatic rings. The summed E-state index contributed by atoms with van der Waals surface area (Å²) in [6, 6.07) is 1.21. The number of piperidine rings is 1. The second kappa shape index (κ2) is 9.34. The number of nitrogens with one attached hydrogen (secondary N) is 2. The van der Waals surface area contributed by atoms with E-state index in [0.29, 0.717) is 31.6 Å². The SMILES string of the molecule is C[C@H](NC(=O)c1nc(OCC2CC2(F)F)nc(N2CCC(c3[nH]nc4ncccc34)CC2)n1)C(F)(F)F. The Morgan fingerprint density at radius 1 is 1.27 bits per heavy atom. The minimum absolute atomic E-state index is 0.0203. The van der Waals surface area contributed by atoms with Crippen molar-refractivity contribution in [3.63, 3.8) is 0 Å². The molecule has 37 heavy (non-hydrogen) atoms. The number of fused-ring (bicyclic) bond motifs is 1. The van der Waals surface area contributed by atoms with Crippen LogP contribution in [0, 0.1) is 5.92 Å². The molecule has 2 atom stereocenters. The average Bonchev–Trinajstić information content (AvgIpc) is 3.27. The first kappa shape index (κ1) is 25.0. The molecular formula is C22H23F5N8O2. The number of carbonyl (C=O) groups is 1. The Kier molecular flexibility index (Phi) is 6.31. The number of anilines is 1. The van der Waals surface area contributed by atoms with Crippen molar-refractivity contribution in [2.45, 2.75) is 50.2 Å². The zero-order valence-electron chi connectivity index (χ0n) is 19.6. The van der Waals surface area contributed by atoms with Gasteiger partial charge in [0.05, 0.1) is 5.92 Å². The van der Waals surface area contributed by atoms with E-state index >= 15 is 0 Å². The van der Waals surface area contributed by atoms with E-state index in [1.165, 1.54) is 0 Å². The van der Waals surface area contributed by atoms with Crippen LogP contribution < -0.4 is 15.0 Å². The van der Waals surface area contributed by atoms with Crippen LogP contribution in [0.4, 0.5) is 27.9 Å². The molecule has 2 aliphatic rings. The van der Waals surface area contributed by atoms with E-state index in [2.05, 4.69) is 30.1 Å². The summed E-state index contributed by atoms with van der Waals surface area (Å²) in [4.78, 5) is 30.5. The van der Waals surface area contributed by atoms with Crippen molar-refractivity contribution in [2.24, 2.45) is 5.92 Å². The second-order valence-electron chi connectivity index (χ2n) is 9.22. The third-order valence-corrected chi connectivity index (χ3v) is 6.56. The fraction of sp³-hybridized carbons (Fsp3) is 0.545. The Morgan fingerprint density at radius 3 is 2.68 bits per heavy atom. The van der Waals surface area contributed by atoms with Crippen molar-refractivity contribution < 1.29 is 31.5 Å². The van der Waals surface area contributed by atoms with Gasteiger partial charge in [0.1, 0.15) is 12.6 Å². The molecule has 2 fully saturated rings. The Hall–Kier alpha value is -3.65. The molecular weight excluding hydrogens is 503 g/mol. The van der Waals surface area contributed by atoms with Gasteiger partial charge in [-0.3, -0.25) is 9.89 Å². The van der Waals surface area contributed by atoms with Gasteiger partial charge < -0.3 is 15.0 Å². The molecule has 1 aliphatic carbocycles. The zero-order chi connectivity index (χ0) is 26.4. The van der Waals surface area contributed by atoms with Crippen molar-refractivity contribution in [1.82, 2.24) is 35.5 Å². The summed E-state index contributed by atoms with van der Waals surface area (Å²) >= 11 is 0. The van der Waals surface area contributed by atoms with Crippen LogP contribution in [0.15, 0.2) is 18.3 Å². The molecule has 10 nitrogen and oxygen atoms in total. The molecule has 0 aromatic carbocycles. The van der Waals surface area contributed by atoms with Gasteiger partial charge in [-0.1, -0.05) is 0 Å². The van der Waals surface area contributed by atoms with Crippen LogP contribution in [0.5, 0.6) is 6.01 Å². The molecule has 1 unspecified atom stereocenters. The molecule has 5 rings (SSSR count). The molecule has 2 N–H and O–H groups in total. The summed E-state index contributed by atoms with van der Waals surface area (Å²) in [6.45, 7) is 1.30. The van der Waals surface area contributed by atoms with Crippen molar-refractivity contribution in [1.29, 1.82) is 0 Å². The maximum atomic E-state index is 13.3. The lowest BCUT2D eigenvalue weighted by Crippen LogP contribution is -2.44. The Labute approximate surface area is 207 Å². The number of halogens is 5. The van der Waals surface area contributed by atoms with Gasteiger partial charge in [-0.15, -0.1) is 0 Å². The standard InChI is InChI=1S/C22H23F5N8O2/c1-11(22(25,26)27)29-18(36)17-30-19(32-20(31-17)37-10-13-9-21(13,23)24)35-7-4-12(5-8-35)15-14-3-2-6-28-16(14)34-33-15/h2-3,6,11-13H,4-5,7-10H2,1H3,(H,29,36)(H,28,33,34)/t11-,13?/m0/s1. The van der Waals surface area contributed by atoms with E-state index in [-0.39, 0.29) is 24.9 Å². The van der Waals surface area contributed by atoms with Crippen LogP contribution in [0.2, 0.25) is 0 Å². The summed E-state index contributed by atoms with van der Waals surface area (Å²) in [5, 5.41) is 9.99. The summed E-state index contributed by atoms with van der Waals surface area (Å²) in [5.74, 6) is -5.47. The van der Waals surface area contributed by atoms with Crippen LogP contribution in [-0.2, 0) is 0 Å². The van der Waals surface area contributed by atoms with Crippen LogP contribution in [0.3, 0.4) is 0 Å². The molecule has 3 aromatic heterocycles. The number of amides is 1. The van der Waals surface area contributed by atoms with Gasteiger partial charge in [-0.25, -0.2) is 13.8 Å². The topological polar surface area (TPSA) is 122 Å². The highest BCUT2D eigenvalue weighted by molar-refractivity contribution is 5.91. The molecule has 4 heterocycles. The number of rotatable bonds is 7. The first-order valence-electron chi connectivity index (χ1n) is 11.7. The first-order chi connectivity index (χ1) is 17.5. The highest BCUT2D eigenvalue weighted by Crippen LogP contribution is 2.48. The number of aromatic amines is 1. The summed E-state index contributed by atoms with van der Waals surface area (Å²) in [7, 11) is 0. The maximum absolute atomic E-state index is 13.3. The molecule has 0 spiro atoms. The predicted molar refractivity (Wildman–Crippen MR) is 119 cm³/mol. The molecule has 1 aliphatic heterocycles. The fourth-order valence-electron chi connectivity index (χ4n) is 4.17. The number of aromatic nitrogens is 6. The number of alkyl halides is 5. The minimum Gasteiger partial charge on any atom is -0.463 e. The fourth-order valence-corrected chi connectivity index (χ4v) is 4.17. The van der Waals surface area contributed by atoms with E-state index < -0.39 is 41.8 Å². The molecule has 198 valence electrons. The highest BCUT2D eigenvalue weighted by Gasteiger charge is 2.57. The maximum Gasteiger partial charge on any atom is 0.408 e. The van der Waals surface area contributed by atoms with Gasteiger partial charge in [0, 0.05) is 42.7 Å². The molecule has 1 saturated heterocycles. The second-order valence-corrected chi connectivity index (χ2v) is 9.22. The van der Waals surface area contributed by atoms with Crippen LogP contribution in [-0.4, -0.2) is 73.9 Å². The number of pyridine rings is 1. The third kappa shape index (κ3) is 5.39. The lowest BCUT2D eigenvalue weighted by Gasteiger charge is -2.31. The van der Waals surface area contributed by atoms with E-state index in [1.807, 2.05) is 12.1 Å². The van der Waals surface area contributed by atoms with E-state index in [0.717, 1.165) is 18.0 Å². The molecule has 1 saturated carbocycles. The number of ether oxygens (including phenoxy) is 1. The lowest BCUT2D eigenvalue weighted by molar-refractivity contribution is -0.149. The van der Waals surface area contributed by atoms with Gasteiger partial charge in [-0.2, -0.15) is 33.2 Å². The number of H-pyrrole nitrogens is 1. The summed E-state index contributed by atoms with van der Waals surface area (Å²) in [5.41, 5.74) is 1.57. The predicted octanol–water partition coefficient (Wildman–Crippen LogP) is 3.24. The van der Waals surface area contributed by atoms with Gasteiger partial charge in [-0.05, 0) is 31.9 Å². The number of carbonyl (C=O) groups excluding carboxylic acids is 1. The molecule has 15 heteroatoms. The van der Waals surface area contributed by atoms with Crippen LogP contribution in [0.1, 0.15) is 48.4 Å². The normalized spacial score (nSPS) is 20.6. The van der Waals surface area contributed by atoms with E-state index in [4.69, 9.17) is 4.74 Å². The van der Waals surface area contributed by atoms with Crippen molar-refractivity contribution >= 4 is 22.9 Å². The molecule has 0 radical (unpaired) electrons. The lowest BCUT2D eigenvalue weighted by atomic mass is 9.92.